The van der Waals surface area contributed by atoms with Crippen molar-refractivity contribution >= 4 is 16.0 Å². The first-order valence-electron chi connectivity index (χ1n) is 8.84. The van der Waals surface area contributed by atoms with Crippen LogP contribution < -0.4 is 10.6 Å². The molecule has 0 radical (unpaired) electrons. The van der Waals surface area contributed by atoms with Crippen LogP contribution in [-0.4, -0.2) is 57.2 Å². The summed E-state index contributed by atoms with van der Waals surface area (Å²) in [5, 5.41) is 6.76. The molecule has 7 heteroatoms. The third-order valence-electron chi connectivity index (χ3n) is 4.28. The molecule has 0 aromatic heterocycles. The Morgan fingerprint density at radius 3 is 2.43 bits per heavy atom. The summed E-state index contributed by atoms with van der Waals surface area (Å²) in [6.45, 7) is 8.32. The van der Waals surface area contributed by atoms with Gasteiger partial charge in [0.15, 0.2) is 5.96 Å². The van der Waals surface area contributed by atoms with Gasteiger partial charge in [0.05, 0.1) is 5.75 Å². The molecule has 23 heavy (non-hydrogen) atoms. The summed E-state index contributed by atoms with van der Waals surface area (Å²) >= 11 is 0. The average Bonchev–Trinajstić information content (AvgIpc) is 2.53. The van der Waals surface area contributed by atoms with Crippen molar-refractivity contribution in [2.45, 2.75) is 58.9 Å². The van der Waals surface area contributed by atoms with E-state index >= 15 is 0 Å². The highest BCUT2D eigenvalue weighted by atomic mass is 32.2. The summed E-state index contributed by atoms with van der Waals surface area (Å²) in [5.41, 5.74) is 0. The minimum Gasteiger partial charge on any atom is -0.356 e. The summed E-state index contributed by atoms with van der Waals surface area (Å²) < 4.78 is 25.3. The van der Waals surface area contributed by atoms with Crippen molar-refractivity contribution in [3.05, 3.63) is 0 Å². The third-order valence-corrected chi connectivity index (χ3v) is 6.16. The van der Waals surface area contributed by atoms with E-state index in [1.165, 1.54) is 12.8 Å². The molecule has 0 aromatic carbocycles. The monoisotopic (exact) mass is 346 g/mol. The number of hydrogen-bond acceptors (Lipinski definition) is 3. The van der Waals surface area contributed by atoms with E-state index in [4.69, 9.17) is 0 Å². The first-order chi connectivity index (χ1) is 10.9. The SMILES string of the molecule is CCS(=O)(=O)N1CCC(NC(=NC)NCCCCC(C)C)CC1. The van der Waals surface area contributed by atoms with Gasteiger partial charge in [-0.3, -0.25) is 4.99 Å². The van der Waals surface area contributed by atoms with Gasteiger partial charge < -0.3 is 10.6 Å². The topological polar surface area (TPSA) is 73.8 Å². The van der Waals surface area contributed by atoms with Gasteiger partial charge in [0.1, 0.15) is 0 Å². The van der Waals surface area contributed by atoms with Crippen LogP contribution in [0.2, 0.25) is 0 Å². The zero-order valence-corrected chi connectivity index (χ0v) is 16.0. The number of unbranched alkanes of at least 4 members (excludes halogenated alkanes) is 1. The van der Waals surface area contributed by atoms with Gasteiger partial charge in [0, 0.05) is 32.7 Å². The second-order valence-corrected chi connectivity index (χ2v) is 8.86. The Kier molecular flexibility index (Phi) is 8.91. The van der Waals surface area contributed by atoms with Crippen LogP contribution in [0.25, 0.3) is 0 Å². The number of piperidine rings is 1. The van der Waals surface area contributed by atoms with Crippen molar-refractivity contribution in [3.8, 4) is 0 Å². The first-order valence-corrected chi connectivity index (χ1v) is 10.4. The lowest BCUT2D eigenvalue weighted by atomic mass is 10.1. The number of nitrogens with zero attached hydrogens (tertiary/aromatic N) is 2. The predicted molar refractivity (Wildman–Crippen MR) is 97.2 cm³/mol. The number of rotatable bonds is 8. The lowest BCUT2D eigenvalue weighted by Gasteiger charge is -2.32. The zero-order valence-electron chi connectivity index (χ0n) is 15.1. The molecule has 6 nitrogen and oxygen atoms in total. The van der Waals surface area contributed by atoms with Crippen LogP contribution in [-0.2, 0) is 10.0 Å². The summed E-state index contributed by atoms with van der Waals surface area (Å²) in [7, 11) is -1.27. The van der Waals surface area contributed by atoms with Crippen LogP contribution in [0.15, 0.2) is 4.99 Å². The van der Waals surface area contributed by atoms with Crippen LogP contribution in [0.1, 0.15) is 52.9 Å². The smallest absolute Gasteiger partial charge is 0.213 e. The van der Waals surface area contributed by atoms with E-state index in [1.807, 2.05) is 0 Å². The van der Waals surface area contributed by atoms with Gasteiger partial charge >= 0.3 is 0 Å². The molecule has 136 valence electrons. The van der Waals surface area contributed by atoms with Gasteiger partial charge in [-0.1, -0.05) is 26.7 Å². The molecular formula is C16H34N4O2S. The molecule has 0 bridgehead atoms. The highest BCUT2D eigenvalue weighted by molar-refractivity contribution is 7.89. The average molecular weight is 347 g/mol. The highest BCUT2D eigenvalue weighted by Crippen LogP contribution is 2.14. The molecule has 1 fully saturated rings. The predicted octanol–water partition coefficient (Wildman–Crippen LogP) is 1.79. The van der Waals surface area contributed by atoms with Gasteiger partial charge in [-0.25, -0.2) is 12.7 Å². The van der Waals surface area contributed by atoms with Crippen molar-refractivity contribution in [3.63, 3.8) is 0 Å². The second kappa shape index (κ2) is 10.1. The fraction of sp³-hybridized carbons (Fsp3) is 0.938. The van der Waals surface area contributed by atoms with E-state index in [1.54, 1.807) is 18.3 Å². The number of hydrogen-bond donors (Lipinski definition) is 2. The summed E-state index contributed by atoms with van der Waals surface area (Å²) in [6, 6.07) is 0.292. The van der Waals surface area contributed by atoms with E-state index in [2.05, 4.69) is 29.5 Å². The molecule has 0 aliphatic carbocycles. The molecule has 1 aliphatic heterocycles. The van der Waals surface area contributed by atoms with Gasteiger partial charge in [0.2, 0.25) is 10.0 Å². The van der Waals surface area contributed by atoms with Gasteiger partial charge in [-0.05, 0) is 32.1 Å². The summed E-state index contributed by atoms with van der Waals surface area (Å²) in [4.78, 5) is 4.26. The molecule has 0 spiro atoms. The molecule has 0 amide bonds. The minimum atomic E-state index is -3.05. The van der Waals surface area contributed by atoms with Crippen molar-refractivity contribution in [1.29, 1.82) is 0 Å². The molecule has 1 heterocycles. The Labute approximate surface area is 142 Å². The maximum Gasteiger partial charge on any atom is 0.213 e. The van der Waals surface area contributed by atoms with Crippen LogP contribution in [0.3, 0.4) is 0 Å². The van der Waals surface area contributed by atoms with E-state index in [-0.39, 0.29) is 5.75 Å². The van der Waals surface area contributed by atoms with Crippen LogP contribution in [0, 0.1) is 5.92 Å². The maximum atomic E-state index is 11.9. The van der Waals surface area contributed by atoms with Crippen LogP contribution >= 0.6 is 0 Å². The minimum absolute atomic E-state index is 0.185. The Morgan fingerprint density at radius 2 is 1.91 bits per heavy atom. The quantitative estimate of drug-likeness (QED) is 0.399. The second-order valence-electron chi connectivity index (χ2n) is 6.61. The third kappa shape index (κ3) is 7.52. The van der Waals surface area contributed by atoms with Crippen molar-refractivity contribution in [2.75, 3.05) is 32.4 Å². The fourth-order valence-corrected chi connectivity index (χ4v) is 3.87. The van der Waals surface area contributed by atoms with Gasteiger partial charge in [0.25, 0.3) is 0 Å². The molecule has 1 aliphatic rings. The van der Waals surface area contributed by atoms with Gasteiger partial charge in [-0.15, -0.1) is 0 Å². The van der Waals surface area contributed by atoms with Gasteiger partial charge in [-0.2, -0.15) is 0 Å². The van der Waals surface area contributed by atoms with Crippen molar-refractivity contribution in [1.82, 2.24) is 14.9 Å². The first kappa shape index (κ1) is 20.2. The normalized spacial score (nSPS) is 18.4. The summed E-state index contributed by atoms with van der Waals surface area (Å²) in [5.74, 6) is 1.77. The maximum absolute atomic E-state index is 11.9. The molecule has 0 atom stereocenters. The van der Waals surface area contributed by atoms with E-state index in [9.17, 15) is 8.42 Å². The number of nitrogens with one attached hydrogen (secondary N) is 2. The lowest BCUT2D eigenvalue weighted by Crippen LogP contribution is -2.50. The molecule has 0 saturated carbocycles. The zero-order chi connectivity index (χ0) is 17.3. The van der Waals surface area contributed by atoms with Crippen LogP contribution in [0.4, 0.5) is 0 Å². The molecule has 0 aromatic rings. The van der Waals surface area contributed by atoms with E-state index in [0.717, 1.165) is 37.7 Å². The largest absolute Gasteiger partial charge is 0.356 e. The van der Waals surface area contributed by atoms with Crippen molar-refractivity contribution < 1.29 is 8.42 Å². The molecule has 2 N–H and O–H groups in total. The highest BCUT2D eigenvalue weighted by Gasteiger charge is 2.26. The number of aliphatic imine (C=N–C) groups is 1. The molecule has 0 unspecified atom stereocenters. The molecule has 1 rings (SSSR count). The standard InChI is InChI=1S/C16H34N4O2S/c1-5-23(21,22)20-12-9-15(10-13-20)19-16(17-4)18-11-7-6-8-14(2)3/h14-15H,5-13H2,1-4H3,(H2,17,18,19). The fourth-order valence-electron chi connectivity index (χ4n) is 2.73. The van der Waals surface area contributed by atoms with E-state index < -0.39 is 10.0 Å². The Hall–Kier alpha value is -0.820. The Morgan fingerprint density at radius 1 is 1.26 bits per heavy atom. The lowest BCUT2D eigenvalue weighted by molar-refractivity contribution is 0.306. The van der Waals surface area contributed by atoms with Crippen LogP contribution in [0.5, 0.6) is 0 Å². The van der Waals surface area contributed by atoms with Crippen molar-refractivity contribution in [2.24, 2.45) is 10.9 Å². The molecule has 1 saturated heterocycles. The number of sulfonamides is 1. The number of guanidine groups is 1. The van der Waals surface area contributed by atoms with E-state index in [0.29, 0.717) is 19.1 Å². The Balaban J connectivity index is 2.27. The summed E-state index contributed by atoms with van der Waals surface area (Å²) in [6.07, 6.45) is 5.29. The Bertz CT molecular complexity index is 455. The molecular weight excluding hydrogens is 312 g/mol.